The third-order valence-corrected chi connectivity index (χ3v) is 17.1. The van der Waals surface area contributed by atoms with Crippen LogP contribution in [-0.4, -0.2) is 102 Å². The maximum Gasteiger partial charge on any atom is 0.303 e. The summed E-state index contributed by atoms with van der Waals surface area (Å²) in [7, 11) is 0. The van der Waals surface area contributed by atoms with Gasteiger partial charge < -0.3 is 38.8 Å². The Morgan fingerprint density at radius 2 is 1.67 bits per heavy atom. The van der Waals surface area contributed by atoms with Gasteiger partial charge in [-0.25, -0.2) is 0 Å². The molecule has 7 unspecified atom stereocenters. The molecule has 0 radical (unpaired) electrons. The van der Waals surface area contributed by atoms with Gasteiger partial charge in [0.2, 0.25) is 5.91 Å². The number of aliphatic hydroxyl groups is 2. The first kappa shape index (κ1) is 36.7. The van der Waals surface area contributed by atoms with Crippen LogP contribution in [0.4, 0.5) is 0 Å². The number of aliphatic hydroxyl groups excluding tert-OH is 1. The van der Waals surface area contributed by atoms with Crippen LogP contribution in [0.1, 0.15) is 114 Å². The summed E-state index contributed by atoms with van der Waals surface area (Å²) in [6, 6.07) is 0. The van der Waals surface area contributed by atoms with E-state index in [1.165, 1.54) is 19.8 Å². The first-order valence-corrected chi connectivity index (χ1v) is 20.1. The summed E-state index contributed by atoms with van der Waals surface area (Å²) in [5.41, 5.74) is -1.68. The Hall–Kier alpha value is -1.30. The zero-order valence-corrected chi connectivity index (χ0v) is 32.7. The number of amides is 1. The average molecular weight is 716 g/mol. The molecular weight excluding hydrogens is 650 g/mol. The highest BCUT2D eigenvalue weighted by atomic mass is 16.7. The summed E-state index contributed by atoms with van der Waals surface area (Å²) >= 11 is 0. The summed E-state index contributed by atoms with van der Waals surface area (Å²) in [5, 5.41) is 23.7. The van der Waals surface area contributed by atoms with Crippen molar-refractivity contribution in [3.8, 4) is 0 Å². The molecule has 5 saturated carbocycles. The lowest BCUT2D eigenvalue weighted by Crippen LogP contribution is -2.61. The lowest BCUT2D eigenvalue weighted by Gasteiger charge is -2.64. The fraction of sp³-hybridized carbons (Fsp3) is 0.951. The highest BCUT2D eigenvalue weighted by Crippen LogP contribution is 2.89. The monoisotopic (exact) mass is 715 g/mol. The van der Waals surface area contributed by atoms with Crippen LogP contribution in [0.15, 0.2) is 0 Å². The smallest absolute Gasteiger partial charge is 0.303 e. The summed E-state index contributed by atoms with van der Waals surface area (Å²) in [5.74, 6) is 1.09. The van der Waals surface area contributed by atoms with Crippen LogP contribution in [0.2, 0.25) is 0 Å². The van der Waals surface area contributed by atoms with Gasteiger partial charge in [0.05, 0.1) is 61.8 Å². The molecule has 10 nitrogen and oxygen atoms in total. The fourth-order valence-electron chi connectivity index (χ4n) is 14.6. The molecule has 3 saturated heterocycles. The van der Waals surface area contributed by atoms with Crippen LogP contribution in [0.5, 0.6) is 0 Å². The molecule has 10 heteroatoms. The zero-order valence-electron chi connectivity index (χ0n) is 32.7. The van der Waals surface area contributed by atoms with Crippen LogP contribution in [0.3, 0.4) is 0 Å². The lowest BCUT2D eigenvalue weighted by molar-refractivity contribution is -0.250. The van der Waals surface area contributed by atoms with Crippen LogP contribution in [0.25, 0.3) is 0 Å². The van der Waals surface area contributed by atoms with Crippen molar-refractivity contribution >= 4 is 11.9 Å². The maximum absolute atomic E-state index is 13.3. The van der Waals surface area contributed by atoms with Crippen molar-refractivity contribution in [1.29, 1.82) is 0 Å². The normalized spacial score (nSPS) is 49.9. The van der Waals surface area contributed by atoms with Crippen LogP contribution in [0, 0.1) is 56.2 Å². The molecule has 0 aromatic rings. The second-order valence-electron chi connectivity index (χ2n) is 20.5. The van der Waals surface area contributed by atoms with E-state index < -0.39 is 41.6 Å². The van der Waals surface area contributed by atoms with Crippen molar-refractivity contribution in [2.24, 2.45) is 56.2 Å². The predicted octanol–water partition coefficient (Wildman–Crippen LogP) is 5.11. The van der Waals surface area contributed by atoms with Crippen molar-refractivity contribution in [3.05, 3.63) is 0 Å². The minimum Gasteiger partial charge on any atom is -0.457 e. The number of esters is 1. The second kappa shape index (κ2) is 11.6. The third kappa shape index (κ3) is 4.94. The van der Waals surface area contributed by atoms with E-state index in [2.05, 4.69) is 34.6 Å². The molecule has 14 atom stereocenters. The molecule has 0 bridgehead atoms. The van der Waals surface area contributed by atoms with Crippen molar-refractivity contribution in [3.63, 3.8) is 0 Å². The highest BCUT2D eigenvalue weighted by molar-refractivity contribution is 5.83. The Bertz CT molecular complexity index is 1420. The summed E-state index contributed by atoms with van der Waals surface area (Å²) in [6.45, 7) is 21.2. The quantitative estimate of drug-likeness (QED) is 0.362. The predicted molar refractivity (Wildman–Crippen MR) is 188 cm³/mol. The largest absolute Gasteiger partial charge is 0.457 e. The number of hydrogen-bond donors (Lipinski definition) is 2. The van der Waals surface area contributed by atoms with Crippen LogP contribution in [-0.2, 0) is 33.3 Å². The van der Waals surface area contributed by atoms with E-state index in [1.54, 1.807) is 13.8 Å². The number of carbonyl (C=O) groups is 2. The van der Waals surface area contributed by atoms with Gasteiger partial charge in [0.25, 0.3) is 0 Å². The van der Waals surface area contributed by atoms with Crippen molar-refractivity contribution in [1.82, 2.24) is 4.90 Å². The van der Waals surface area contributed by atoms with Gasteiger partial charge in [-0.05, 0) is 117 Å². The summed E-state index contributed by atoms with van der Waals surface area (Å²) in [4.78, 5) is 27.3. The van der Waals surface area contributed by atoms with Gasteiger partial charge in [-0.15, -0.1) is 0 Å². The third-order valence-electron chi connectivity index (χ3n) is 17.1. The minimum atomic E-state index is -1.27. The van der Waals surface area contributed by atoms with E-state index in [1.807, 2.05) is 11.8 Å². The molecule has 2 spiro atoms. The van der Waals surface area contributed by atoms with Gasteiger partial charge in [0.15, 0.2) is 12.4 Å². The number of hydrogen-bond acceptors (Lipinski definition) is 9. The van der Waals surface area contributed by atoms with E-state index in [0.717, 1.165) is 32.1 Å². The van der Waals surface area contributed by atoms with E-state index in [-0.39, 0.29) is 57.0 Å². The number of ether oxygens (including phenoxy) is 5. The number of nitrogens with zero attached hydrogens (tertiary/aromatic N) is 1. The molecule has 288 valence electrons. The average Bonchev–Trinajstić information content (AvgIpc) is 3.67. The molecule has 0 aromatic carbocycles. The van der Waals surface area contributed by atoms with Crippen LogP contribution >= 0.6 is 0 Å². The number of rotatable bonds is 6. The van der Waals surface area contributed by atoms with E-state index in [0.29, 0.717) is 51.2 Å². The molecule has 3 aliphatic heterocycles. The molecule has 2 N–H and O–H groups in total. The van der Waals surface area contributed by atoms with Crippen LogP contribution < -0.4 is 0 Å². The van der Waals surface area contributed by atoms with E-state index in [9.17, 15) is 19.8 Å². The van der Waals surface area contributed by atoms with Crippen molar-refractivity contribution < 1.29 is 43.5 Å². The van der Waals surface area contributed by atoms with Gasteiger partial charge in [0.1, 0.15) is 0 Å². The molecule has 1 amide bonds. The Balaban J connectivity index is 1.01. The van der Waals surface area contributed by atoms with Gasteiger partial charge in [-0.2, -0.15) is 0 Å². The summed E-state index contributed by atoms with van der Waals surface area (Å²) < 4.78 is 30.9. The van der Waals surface area contributed by atoms with Gasteiger partial charge in [-0.3, -0.25) is 9.59 Å². The van der Waals surface area contributed by atoms with E-state index >= 15 is 0 Å². The first-order chi connectivity index (χ1) is 23.8. The SMILES string of the molecule is CC(=O)O[C@@H](C1C[C@@H](C)[C@H]2C(O1)[C@H](O)[C@@]1(C)C3CC[C@H]4C(C)(C)C(O[C@H]5CN(C(=O)C6(C)COC6)CCO5)CCC45CC35CCC21C)C(C)(C)O. The van der Waals surface area contributed by atoms with Crippen molar-refractivity contribution in [2.75, 3.05) is 32.9 Å². The number of carbonyl (C=O) groups excluding carboxylic acids is 2. The fourth-order valence-corrected chi connectivity index (χ4v) is 14.6. The molecular formula is C41H65NO9. The molecule has 8 aliphatic rings. The molecule has 3 heterocycles. The van der Waals surface area contributed by atoms with Gasteiger partial charge >= 0.3 is 5.97 Å². The molecule has 8 fully saturated rings. The highest BCUT2D eigenvalue weighted by Gasteiger charge is 2.84. The standard InChI is InChI=1S/C41H65NO9/c1-23-18-25(33(36(5,6)46)49-24(2)43)50-31-30(23)38(8)14-15-41-20-40(41)13-12-28(35(3,4)26(40)10-11-27(41)39(38,9)32(31)44)51-29-19-42(16-17-48-29)34(45)37(7)21-47-22-37/h23,25-33,44,46H,10-22H2,1-9H3/t23-,25?,26+,27?,28?,29+,30+,31?,32+,33+,38?,39-,40?,41?/m1/s1. The Morgan fingerprint density at radius 3 is 2.31 bits per heavy atom. The Morgan fingerprint density at radius 1 is 0.980 bits per heavy atom. The molecule has 0 aromatic heterocycles. The number of fused-ring (bicyclic) bond motifs is 4. The molecule has 5 aliphatic carbocycles. The molecule has 8 rings (SSSR count). The second-order valence-corrected chi connectivity index (χ2v) is 20.5. The van der Waals surface area contributed by atoms with Gasteiger partial charge in [-0.1, -0.05) is 34.6 Å². The van der Waals surface area contributed by atoms with Crippen molar-refractivity contribution in [2.45, 2.75) is 156 Å². The maximum atomic E-state index is 13.3. The Labute approximate surface area is 305 Å². The zero-order chi connectivity index (χ0) is 36.7. The number of morpholine rings is 1. The van der Waals surface area contributed by atoms with Gasteiger partial charge in [0, 0.05) is 18.9 Å². The summed E-state index contributed by atoms with van der Waals surface area (Å²) in [6.07, 6.45) is 5.87. The van der Waals surface area contributed by atoms with E-state index in [4.69, 9.17) is 23.7 Å². The molecule has 51 heavy (non-hydrogen) atoms. The lowest BCUT2D eigenvalue weighted by atomic mass is 9.41. The Kier molecular flexibility index (Phi) is 8.35. The topological polar surface area (TPSA) is 124 Å². The first-order valence-electron chi connectivity index (χ1n) is 20.1. The minimum absolute atomic E-state index is 0.0479.